The summed E-state index contributed by atoms with van der Waals surface area (Å²) >= 11 is 0. The van der Waals surface area contributed by atoms with Crippen LogP contribution < -0.4 is 5.73 Å². The van der Waals surface area contributed by atoms with Crippen molar-refractivity contribution in [3.05, 3.63) is 0 Å². The molecule has 0 aromatic carbocycles. The molecule has 2 N–H and O–H groups in total. The van der Waals surface area contributed by atoms with Crippen LogP contribution in [0.1, 0.15) is 13.3 Å². The monoisotopic (exact) mass is 99.1 g/mol. The molecule has 0 aromatic rings. The molecule has 0 bridgehead atoms. The second kappa shape index (κ2) is 1.22. The molecule has 2 nitrogen and oxygen atoms in total. The fourth-order valence-corrected chi connectivity index (χ4v) is 0.719. The van der Waals surface area contributed by atoms with Crippen molar-refractivity contribution in [3.63, 3.8) is 0 Å². The number of nitrogens with two attached hydrogens (primary N) is 1. The summed E-state index contributed by atoms with van der Waals surface area (Å²) in [7, 11) is 0. The molecule has 1 aliphatic carbocycles. The third-order valence-electron chi connectivity index (χ3n) is 1.47. The highest BCUT2D eigenvalue weighted by atomic mass is 16.1. The highest BCUT2D eigenvalue weighted by Crippen LogP contribution is 2.36. The van der Waals surface area contributed by atoms with E-state index in [9.17, 15) is 4.79 Å². The van der Waals surface area contributed by atoms with Crippen LogP contribution in [0.3, 0.4) is 0 Å². The minimum Gasteiger partial charge on any atom is -0.369 e. The third kappa shape index (κ3) is 0.734. The Balaban J connectivity index is 2.33. The van der Waals surface area contributed by atoms with Gasteiger partial charge in [-0.15, -0.1) is 0 Å². The summed E-state index contributed by atoms with van der Waals surface area (Å²) in [5.41, 5.74) is 4.95. The van der Waals surface area contributed by atoms with Gasteiger partial charge in [0.05, 0.1) is 0 Å². The lowest BCUT2D eigenvalue weighted by Crippen LogP contribution is -2.13. The number of hydrogen-bond donors (Lipinski definition) is 1. The molecule has 0 aromatic heterocycles. The molecule has 0 unspecified atom stereocenters. The van der Waals surface area contributed by atoms with Crippen LogP contribution in [0.5, 0.6) is 0 Å². The molecule has 0 aliphatic heterocycles. The van der Waals surface area contributed by atoms with Crippen molar-refractivity contribution in [3.8, 4) is 0 Å². The smallest absolute Gasteiger partial charge is 0.220 e. The van der Waals surface area contributed by atoms with E-state index in [0.29, 0.717) is 5.92 Å². The molecule has 7 heavy (non-hydrogen) atoms. The fourth-order valence-electron chi connectivity index (χ4n) is 0.719. The molecule has 1 rings (SSSR count). The Morgan fingerprint density at radius 3 is 2.29 bits per heavy atom. The largest absolute Gasteiger partial charge is 0.369 e. The van der Waals surface area contributed by atoms with Crippen LogP contribution in [-0.2, 0) is 4.79 Å². The Labute approximate surface area is 42.7 Å². The van der Waals surface area contributed by atoms with Crippen molar-refractivity contribution in [1.29, 1.82) is 0 Å². The zero-order valence-electron chi connectivity index (χ0n) is 4.35. The van der Waals surface area contributed by atoms with Gasteiger partial charge in [0.15, 0.2) is 0 Å². The van der Waals surface area contributed by atoms with Gasteiger partial charge < -0.3 is 5.73 Å². The van der Waals surface area contributed by atoms with Crippen molar-refractivity contribution >= 4 is 5.91 Å². The minimum absolute atomic E-state index is 0.132. The van der Waals surface area contributed by atoms with E-state index in [1.54, 1.807) is 0 Å². The fraction of sp³-hybridized carbons (Fsp3) is 0.800. The summed E-state index contributed by atoms with van der Waals surface area (Å²) < 4.78 is 0. The van der Waals surface area contributed by atoms with E-state index in [1.165, 1.54) is 0 Å². The summed E-state index contributed by atoms with van der Waals surface area (Å²) in [5, 5.41) is 0. The number of amides is 1. The van der Waals surface area contributed by atoms with E-state index >= 15 is 0 Å². The number of carbonyl (C=O) groups excluding carboxylic acids is 1. The van der Waals surface area contributed by atoms with Crippen molar-refractivity contribution in [2.75, 3.05) is 0 Å². The van der Waals surface area contributed by atoms with Gasteiger partial charge >= 0.3 is 0 Å². The normalized spacial score (nSPS) is 37.9. The van der Waals surface area contributed by atoms with Crippen molar-refractivity contribution in [2.45, 2.75) is 13.3 Å². The average molecular weight is 99.1 g/mol. The van der Waals surface area contributed by atoms with Gasteiger partial charge in [-0.2, -0.15) is 0 Å². The Morgan fingerprint density at radius 1 is 1.86 bits per heavy atom. The molecule has 0 radical (unpaired) electrons. The summed E-state index contributed by atoms with van der Waals surface area (Å²) in [6.07, 6.45) is 1.01. The predicted octanol–water partition coefficient (Wildman–Crippen LogP) is 0.128. The number of rotatable bonds is 1. The van der Waals surface area contributed by atoms with Crippen LogP contribution in [-0.4, -0.2) is 5.91 Å². The highest BCUT2D eigenvalue weighted by Gasteiger charge is 2.37. The molecular weight excluding hydrogens is 90.1 g/mol. The maximum Gasteiger partial charge on any atom is 0.220 e. The number of hydrogen-bond acceptors (Lipinski definition) is 1. The maximum atomic E-state index is 10.2. The molecule has 1 saturated carbocycles. The molecule has 1 aliphatic rings. The maximum absolute atomic E-state index is 10.2. The molecule has 40 valence electrons. The molecule has 1 fully saturated rings. The third-order valence-corrected chi connectivity index (χ3v) is 1.47. The second-order valence-electron chi connectivity index (χ2n) is 2.22. The van der Waals surface area contributed by atoms with E-state index < -0.39 is 0 Å². The van der Waals surface area contributed by atoms with Crippen molar-refractivity contribution in [2.24, 2.45) is 17.6 Å². The van der Waals surface area contributed by atoms with Gasteiger partial charge in [-0.05, 0) is 12.3 Å². The van der Waals surface area contributed by atoms with Gasteiger partial charge in [0.1, 0.15) is 0 Å². The topological polar surface area (TPSA) is 43.1 Å². The van der Waals surface area contributed by atoms with Crippen LogP contribution in [0, 0.1) is 11.8 Å². The zero-order valence-corrected chi connectivity index (χ0v) is 4.35. The lowest BCUT2D eigenvalue weighted by atomic mass is 10.3. The molecular formula is C5H9NO. The first-order chi connectivity index (χ1) is 3.22. The molecule has 2 heteroatoms. The summed E-state index contributed by atoms with van der Waals surface area (Å²) in [5.74, 6) is 0.644. The van der Waals surface area contributed by atoms with Gasteiger partial charge in [-0.1, -0.05) is 6.92 Å². The van der Waals surface area contributed by atoms with E-state index in [-0.39, 0.29) is 11.8 Å². The van der Waals surface area contributed by atoms with Gasteiger partial charge in [0.2, 0.25) is 5.91 Å². The van der Waals surface area contributed by atoms with E-state index in [1.807, 2.05) is 6.92 Å². The van der Waals surface area contributed by atoms with Crippen LogP contribution in [0.2, 0.25) is 0 Å². The first-order valence-corrected chi connectivity index (χ1v) is 2.51. The SMILES string of the molecule is C[C@H]1C[C@@H]1C(N)=O. The molecule has 1 amide bonds. The van der Waals surface area contributed by atoms with Crippen molar-refractivity contribution in [1.82, 2.24) is 0 Å². The first-order valence-electron chi connectivity index (χ1n) is 2.51. The lowest BCUT2D eigenvalue weighted by Gasteiger charge is -1.81. The summed E-state index contributed by atoms with van der Waals surface area (Å²) in [6.45, 7) is 2.04. The summed E-state index contributed by atoms with van der Waals surface area (Å²) in [6, 6.07) is 0. The van der Waals surface area contributed by atoms with Gasteiger partial charge in [0.25, 0.3) is 0 Å². The van der Waals surface area contributed by atoms with Crippen molar-refractivity contribution < 1.29 is 4.79 Å². The minimum atomic E-state index is -0.132. The number of primary amides is 1. The quantitative estimate of drug-likeness (QED) is 0.498. The Morgan fingerprint density at radius 2 is 2.29 bits per heavy atom. The Bertz CT molecular complexity index is 100. The Hall–Kier alpha value is -0.530. The van der Waals surface area contributed by atoms with Gasteiger partial charge in [-0.3, -0.25) is 4.79 Å². The molecule has 0 heterocycles. The molecule has 0 saturated heterocycles. The highest BCUT2D eigenvalue weighted by molar-refractivity contribution is 5.79. The predicted molar refractivity (Wildman–Crippen MR) is 26.5 cm³/mol. The van der Waals surface area contributed by atoms with Crippen LogP contribution >= 0.6 is 0 Å². The first kappa shape index (κ1) is 4.62. The Kier molecular flexibility index (Phi) is 0.805. The molecule has 2 atom stereocenters. The van der Waals surface area contributed by atoms with Crippen LogP contribution in [0.25, 0.3) is 0 Å². The van der Waals surface area contributed by atoms with Crippen LogP contribution in [0.4, 0.5) is 0 Å². The summed E-state index contributed by atoms with van der Waals surface area (Å²) in [4.78, 5) is 10.2. The average Bonchev–Trinajstić information content (AvgIpc) is 2.17. The van der Waals surface area contributed by atoms with Gasteiger partial charge in [0, 0.05) is 5.92 Å². The lowest BCUT2D eigenvalue weighted by molar-refractivity contribution is -0.119. The van der Waals surface area contributed by atoms with E-state index in [2.05, 4.69) is 0 Å². The van der Waals surface area contributed by atoms with Crippen LogP contribution in [0.15, 0.2) is 0 Å². The zero-order chi connectivity index (χ0) is 5.44. The van der Waals surface area contributed by atoms with E-state index in [4.69, 9.17) is 5.73 Å². The van der Waals surface area contributed by atoms with Gasteiger partial charge in [-0.25, -0.2) is 0 Å². The standard InChI is InChI=1S/C5H9NO/c1-3-2-4(3)5(6)7/h3-4H,2H2,1H3,(H2,6,7)/t3-,4-/m0/s1. The van der Waals surface area contributed by atoms with E-state index in [0.717, 1.165) is 6.42 Å². The second-order valence-corrected chi connectivity index (χ2v) is 2.22. The molecule has 0 spiro atoms. The number of carbonyl (C=O) groups is 1.